The lowest BCUT2D eigenvalue weighted by Crippen LogP contribution is -2.32. The number of amides is 1. The molecule has 0 aromatic carbocycles. The zero-order valence-electron chi connectivity index (χ0n) is 14.4. The Hall–Kier alpha value is -2.74. The van der Waals surface area contributed by atoms with Crippen molar-refractivity contribution in [2.24, 2.45) is 7.05 Å². The maximum absolute atomic E-state index is 12.4. The third kappa shape index (κ3) is 3.45. The molecule has 0 aliphatic heterocycles. The molecule has 7 nitrogen and oxygen atoms in total. The Morgan fingerprint density at radius 2 is 2.23 bits per heavy atom. The van der Waals surface area contributed by atoms with Crippen molar-refractivity contribution in [3.05, 3.63) is 57.7 Å². The van der Waals surface area contributed by atoms with Crippen LogP contribution in [0.5, 0.6) is 0 Å². The number of thiophene rings is 1. The fourth-order valence-corrected chi connectivity index (χ4v) is 3.50. The third-order valence-corrected chi connectivity index (χ3v) is 5.31. The van der Waals surface area contributed by atoms with Crippen LogP contribution < -0.4 is 10.9 Å². The number of carbonyl (C=O) groups is 1. The summed E-state index contributed by atoms with van der Waals surface area (Å²) < 4.78 is 3.09. The summed E-state index contributed by atoms with van der Waals surface area (Å²) in [5.41, 5.74) is 2.08. The first kappa shape index (κ1) is 16.7. The van der Waals surface area contributed by atoms with Gasteiger partial charge in [-0.2, -0.15) is 5.10 Å². The van der Waals surface area contributed by atoms with Gasteiger partial charge in [0.05, 0.1) is 16.9 Å². The lowest BCUT2D eigenvalue weighted by atomic mass is 10.3. The first-order valence-corrected chi connectivity index (χ1v) is 9.42. The van der Waals surface area contributed by atoms with Crippen molar-refractivity contribution in [3.8, 4) is 10.6 Å². The van der Waals surface area contributed by atoms with Gasteiger partial charge in [-0.15, -0.1) is 11.3 Å². The molecule has 0 saturated heterocycles. The van der Waals surface area contributed by atoms with Crippen LogP contribution in [0.4, 0.5) is 0 Å². The van der Waals surface area contributed by atoms with Crippen LogP contribution in [-0.2, 0) is 13.6 Å². The van der Waals surface area contributed by atoms with E-state index in [4.69, 9.17) is 0 Å². The van der Waals surface area contributed by atoms with Gasteiger partial charge in [0.1, 0.15) is 11.4 Å². The van der Waals surface area contributed by atoms with Gasteiger partial charge in [0.2, 0.25) is 0 Å². The largest absolute Gasteiger partial charge is 0.349 e. The van der Waals surface area contributed by atoms with E-state index in [1.54, 1.807) is 41.5 Å². The summed E-state index contributed by atoms with van der Waals surface area (Å²) in [6.07, 6.45) is 3.80. The summed E-state index contributed by atoms with van der Waals surface area (Å²) in [5, 5.41) is 9.20. The monoisotopic (exact) mass is 369 g/mol. The molecule has 4 rings (SSSR count). The smallest absolute Gasteiger partial charge is 0.269 e. The summed E-state index contributed by atoms with van der Waals surface area (Å²) in [6.45, 7) is 0.737. The molecular formula is C18H19N5O2S. The molecule has 0 bridgehead atoms. The van der Waals surface area contributed by atoms with Crippen LogP contribution in [0.25, 0.3) is 10.6 Å². The van der Waals surface area contributed by atoms with Gasteiger partial charge in [-0.25, -0.2) is 4.98 Å². The summed E-state index contributed by atoms with van der Waals surface area (Å²) in [7, 11) is 1.75. The quantitative estimate of drug-likeness (QED) is 0.721. The Balaban J connectivity index is 1.38. The van der Waals surface area contributed by atoms with Gasteiger partial charge in [-0.05, 0) is 30.4 Å². The number of aromatic nitrogens is 4. The Morgan fingerprint density at radius 1 is 1.38 bits per heavy atom. The fourth-order valence-electron chi connectivity index (χ4n) is 2.82. The fraction of sp³-hybridized carbons (Fsp3) is 0.333. The second kappa shape index (κ2) is 6.87. The number of rotatable bonds is 6. The van der Waals surface area contributed by atoms with Crippen molar-refractivity contribution in [3.63, 3.8) is 0 Å². The van der Waals surface area contributed by atoms with Crippen LogP contribution >= 0.6 is 11.3 Å². The van der Waals surface area contributed by atoms with Gasteiger partial charge >= 0.3 is 0 Å². The molecule has 26 heavy (non-hydrogen) atoms. The van der Waals surface area contributed by atoms with Crippen molar-refractivity contribution < 1.29 is 4.79 Å². The van der Waals surface area contributed by atoms with Gasteiger partial charge in [0.15, 0.2) is 0 Å². The average molecular weight is 369 g/mol. The van der Waals surface area contributed by atoms with E-state index in [0.29, 0.717) is 24.7 Å². The highest BCUT2D eigenvalue weighted by Crippen LogP contribution is 2.38. The number of hydrogen-bond acceptors (Lipinski definition) is 5. The zero-order valence-corrected chi connectivity index (χ0v) is 15.2. The van der Waals surface area contributed by atoms with E-state index in [9.17, 15) is 9.59 Å². The molecule has 3 aromatic heterocycles. The highest BCUT2D eigenvalue weighted by Gasteiger charge is 2.25. The van der Waals surface area contributed by atoms with Gasteiger partial charge in [0.25, 0.3) is 11.5 Å². The molecule has 0 unspecified atom stereocenters. The van der Waals surface area contributed by atoms with Gasteiger partial charge < -0.3 is 5.32 Å². The van der Waals surface area contributed by atoms with E-state index in [1.165, 1.54) is 4.57 Å². The first-order chi connectivity index (χ1) is 12.6. The van der Waals surface area contributed by atoms with E-state index in [2.05, 4.69) is 15.4 Å². The van der Waals surface area contributed by atoms with Crippen LogP contribution in [0.15, 0.2) is 40.8 Å². The summed E-state index contributed by atoms with van der Waals surface area (Å²) in [6, 6.07) is 7.31. The van der Waals surface area contributed by atoms with E-state index in [0.717, 1.165) is 29.1 Å². The minimum absolute atomic E-state index is 0.0725. The SMILES string of the molecule is Cn1nc(-c2cccs2)cc1C(=O)NCCn1cnc(C2CC2)cc1=O. The number of nitrogens with zero attached hydrogens (tertiary/aromatic N) is 4. The number of nitrogens with one attached hydrogen (secondary N) is 1. The zero-order chi connectivity index (χ0) is 18.1. The average Bonchev–Trinajstić information content (AvgIpc) is 3.18. The maximum atomic E-state index is 12.4. The molecule has 1 aliphatic carbocycles. The van der Waals surface area contributed by atoms with Crippen LogP contribution in [0.2, 0.25) is 0 Å². The second-order valence-electron chi connectivity index (χ2n) is 6.39. The molecule has 3 aromatic rings. The molecular weight excluding hydrogens is 350 g/mol. The first-order valence-electron chi connectivity index (χ1n) is 8.54. The molecule has 8 heteroatoms. The standard InChI is InChI=1S/C18H19N5O2S/c1-22-15(9-14(21-22)16-3-2-8-26-16)18(25)19-6-7-23-11-20-13(10-17(23)24)12-4-5-12/h2-3,8-12H,4-7H2,1H3,(H,19,25). The summed E-state index contributed by atoms with van der Waals surface area (Å²) in [5.74, 6) is 0.248. The Morgan fingerprint density at radius 3 is 2.92 bits per heavy atom. The van der Waals surface area contributed by atoms with Crippen LogP contribution in [0, 0.1) is 0 Å². The van der Waals surface area contributed by atoms with Crippen molar-refractivity contribution in [2.45, 2.75) is 25.3 Å². The highest BCUT2D eigenvalue weighted by molar-refractivity contribution is 7.13. The third-order valence-electron chi connectivity index (χ3n) is 4.42. The molecule has 1 aliphatic rings. The van der Waals surface area contributed by atoms with Crippen molar-refractivity contribution in [1.82, 2.24) is 24.6 Å². The lowest BCUT2D eigenvalue weighted by molar-refractivity contribution is 0.0942. The molecule has 134 valence electrons. The van der Waals surface area contributed by atoms with Crippen LogP contribution in [-0.4, -0.2) is 31.8 Å². The van der Waals surface area contributed by atoms with E-state index < -0.39 is 0 Å². The minimum atomic E-state index is -0.210. The second-order valence-corrected chi connectivity index (χ2v) is 7.34. The highest BCUT2D eigenvalue weighted by atomic mass is 32.1. The van der Waals surface area contributed by atoms with Crippen LogP contribution in [0.3, 0.4) is 0 Å². The Kier molecular flexibility index (Phi) is 4.42. The predicted molar refractivity (Wildman–Crippen MR) is 99.3 cm³/mol. The van der Waals surface area contributed by atoms with Crippen molar-refractivity contribution in [1.29, 1.82) is 0 Å². The molecule has 1 fully saturated rings. The number of aryl methyl sites for hydroxylation is 1. The molecule has 3 heterocycles. The van der Waals surface area contributed by atoms with Crippen molar-refractivity contribution in [2.75, 3.05) is 6.54 Å². The number of hydrogen-bond donors (Lipinski definition) is 1. The molecule has 0 radical (unpaired) electrons. The summed E-state index contributed by atoms with van der Waals surface area (Å²) >= 11 is 1.58. The van der Waals surface area contributed by atoms with E-state index in [1.807, 2.05) is 17.5 Å². The van der Waals surface area contributed by atoms with Gasteiger partial charge in [-0.1, -0.05) is 6.07 Å². The topological polar surface area (TPSA) is 81.8 Å². The molecule has 1 amide bonds. The molecule has 0 atom stereocenters. The van der Waals surface area contributed by atoms with E-state index >= 15 is 0 Å². The predicted octanol–water partition coefficient (Wildman–Crippen LogP) is 2.01. The summed E-state index contributed by atoms with van der Waals surface area (Å²) in [4.78, 5) is 29.9. The molecule has 1 N–H and O–H groups in total. The molecule has 0 spiro atoms. The van der Waals surface area contributed by atoms with Crippen molar-refractivity contribution >= 4 is 17.2 Å². The van der Waals surface area contributed by atoms with Gasteiger partial charge in [-0.3, -0.25) is 18.8 Å². The Bertz CT molecular complexity index is 985. The Labute approximate surface area is 154 Å². The maximum Gasteiger partial charge on any atom is 0.269 e. The minimum Gasteiger partial charge on any atom is -0.349 e. The van der Waals surface area contributed by atoms with E-state index in [-0.39, 0.29) is 11.5 Å². The van der Waals surface area contributed by atoms with Crippen LogP contribution in [0.1, 0.15) is 34.9 Å². The van der Waals surface area contributed by atoms with Gasteiger partial charge in [0, 0.05) is 32.1 Å². The normalized spacial score (nSPS) is 13.7. The molecule has 1 saturated carbocycles. The number of carbonyl (C=O) groups excluding carboxylic acids is 1. The lowest BCUT2D eigenvalue weighted by Gasteiger charge is -2.08.